The molecule has 0 saturated carbocycles. The summed E-state index contributed by atoms with van der Waals surface area (Å²) in [6.45, 7) is 4.96. The number of aliphatic hydroxyl groups is 1. The normalized spacial score (nSPS) is 19.8. The first-order valence-electron chi connectivity index (χ1n) is 9.67. The van der Waals surface area contributed by atoms with Crippen molar-refractivity contribution in [2.45, 2.75) is 32.3 Å². The second-order valence-corrected chi connectivity index (χ2v) is 7.67. The number of carbonyl (C=O) groups is 1. The molecule has 2 aromatic carbocycles. The molecule has 1 amide bonds. The lowest BCUT2D eigenvalue weighted by atomic mass is 9.85. The molecule has 0 radical (unpaired) electrons. The first-order chi connectivity index (χ1) is 13.4. The Labute approximate surface area is 164 Å². The van der Waals surface area contributed by atoms with Gasteiger partial charge in [0.2, 0.25) is 0 Å². The number of methoxy groups -OCH3 is 1. The van der Waals surface area contributed by atoms with Crippen molar-refractivity contribution in [3.8, 4) is 5.75 Å². The molecule has 1 aromatic heterocycles. The Kier molecular flexibility index (Phi) is 4.63. The summed E-state index contributed by atoms with van der Waals surface area (Å²) >= 11 is 0. The van der Waals surface area contributed by atoms with Gasteiger partial charge in [0.05, 0.1) is 24.7 Å². The second kappa shape index (κ2) is 6.99. The van der Waals surface area contributed by atoms with Crippen molar-refractivity contribution >= 4 is 16.8 Å². The molecule has 5 nitrogen and oxygen atoms in total. The third kappa shape index (κ3) is 2.96. The largest absolute Gasteiger partial charge is 0.496 e. The number of piperidine rings is 1. The number of hydrogen-bond acceptors (Lipinski definition) is 3. The van der Waals surface area contributed by atoms with Crippen molar-refractivity contribution in [1.82, 2.24) is 9.88 Å². The first kappa shape index (κ1) is 18.6. The van der Waals surface area contributed by atoms with Gasteiger partial charge < -0.3 is 19.7 Å². The van der Waals surface area contributed by atoms with Gasteiger partial charge in [-0.3, -0.25) is 4.79 Å². The van der Waals surface area contributed by atoms with Crippen molar-refractivity contribution in [2.75, 3.05) is 20.2 Å². The molecule has 1 aliphatic heterocycles. The number of benzene rings is 2. The number of hydrogen-bond donors (Lipinski definition) is 2. The first-order valence-corrected chi connectivity index (χ1v) is 9.67. The number of carbonyl (C=O) groups excluding carboxylic acids is 1. The van der Waals surface area contributed by atoms with E-state index in [1.807, 2.05) is 49.4 Å². The minimum atomic E-state index is -1.12. The predicted octanol–water partition coefficient (Wildman–Crippen LogP) is 3.92. The number of nitrogens with zero attached hydrogens (tertiary/aromatic N) is 1. The van der Waals surface area contributed by atoms with Crippen LogP contribution in [0.5, 0.6) is 5.75 Å². The third-order valence-corrected chi connectivity index (χ3v) is 5.94. The lowest BCUT2D eigenvalue weighted by molar-refractivity contribution is -0.0302. The molecule has 0 bridgehead atoms. The van der Waals surface area contributed by atoms with Gasteiger partial charge in [-0.2, -0.15) is 0 Å². The Morgan fingerprint density at radius 2 is 1.96 bits per heavy atom. The van der Waals surface area contributed by atoms with E-state index < -0.39 is 5.60 Å². The van der Waals surface area contributed by atoms with E-state index in [-0.39, 0.29) is 12.5 Å². The van der Waals surface area contributed by atoms with Crippen molar-refractivity contribution in [1.29, 1.82) is 0 Å². The lowest BCUT2D eigenvalue weighted by Crippen LogP contribution is -2.48. The average Bonchev–Trinajstić information content (AvgIpc) is 3.01. The Morgan fingerprint density at radius 1 is 1.18 bits per heavy atom. The van der Waals surface area contributed by atoms with Crippen LogP contribution in [0, 0.1) is 13.8 Å². The summed E-state index contributed by atoms with van der Waals surface area (Å²) < 4.78 is 5.45. The smallest absolute Gasteiger partial charge is 0.256 e. The summed E-state index contributed by atoms with van der Waals surface area (Å²) in [5.74, 6) is 0.594. The maximum atomic E-state index is 13.4. The highest BCUT2D eigenvalue weighted by Crippen LogP contribution is 2.37. The van der Waals surface area contributed by atoms with E-state index in [1.165, 1.54) is 0 Å². The maximum Gasteiger partial charge on any atom is 0.256 e. The van der Waals surface area contributed by atoms with E-state index in [9.17, 15) is 9.90 Å². The molecular weight excluding hydrogens is 352 g/mol. The van der Waals surface area contributed by atoms with Crippen LogP contribution in [0.3, 0.4) is 0 Å². The Bertz CT molecular complexity index is 1040. The van der Waals surface area contributed by atoms with Gasteiger partial charge in [0.25, 0.3) is 5.91 Å². The van der Waals surface area contributed by atoms with Crippen molar-refractivity contribution in [3.63, 3.8) is 0 Å². The fourth-order valence-corrected chi connectivity index (χ4v) is 4.29. The van der Waals surface area contributed by atoms with Gasteiger partial charge in [-0.15, -0.1) is 0 Å². The number of aromatic nitrogens is 1. The molecule has 1 aliphatic rings. The number of fused-ring (bicyclic) bond motifs is 1. The monoisotopic (exact) mass is 378 g/mol. The molecule has 5 heteroatoms. The van der Waals surface area contributed by atoms with Crippen LogP contribution in [0.2, 0.25) is 0 Å². The fourth-order valence-electron chi connectivity index (χ4n) is 4.29. The number of para-hydroxylation sites is 2. The van der Waals surface area contributed by atoms with Crippen LogP contribution in [0.15, 0.2) is 42.5 Å². The van der Waals surface area contributed by atoms with Gasteiger partial charge in [0.1, 0.15) is 11.4 Å². The number of β-amino-alcohol motifs (C(OH)–C–C–N with tert-alkyl or cyclic N) is 1. The molecule has 1 fully saturated rings. The number of aromatic amines is 1. The maximum absolute atomic E-state index is 13.4. The number of amides is 1. The second-order valence-electron chi connectivity index (χ2n) is 7.67. The zero-order chi connectivity index (χ0) is 19.9. The zero-order valence-corrected chi connectivity index (χ0v) is 16.6. The summed E-state index contributed by atoms with van der Waals surface area (Å²) in [5, 5.41) is 12.5. The molecule has 0 spiro atoms. The van der Waals surface area contributed by atoms with Crippen LogP contribution < -0.4 is 4.74 Å². The molecule has 28 heavy (non-hydrogen) atoms. The molecule has 146 valence electrons. The van der Waals surface area contributed by atoms with Crippen molar-refractivity contribution < 1.29 is 14.6 Å². The summed E-state index contributed by atoms with van der Waals surface area (Å²) in [6.07, 6.45) is 1.33. The topological polar surface area (TPSA) is 65.6 Å². The van der Waals surface area contributed by atoms with Crippen LogP contribution in [0.1, 0.15) is 40.0 Å². The molecule has 2 N–H and O–H groups in total. The van der Waals surface area contributed by atoms with Gasteiger partial charge in [-0.1, -0.05) is 30.3 Å². The lowest BCUT2D eigenvalue weighted by Gasteiger charge is -2.40. The summed E-state index contributed by atoms with van der Waals surface area (Å²) in [5.41, 5.74) is 3.37. The van der Waals surface area contributed by atoms with Crippen LogP contribution in [0.4, 0.5) is 0 Å². The number of ether oxygens (including phenoxy) is 1. The zero-order valence-electron chi connectivity index (χ0n) is 16.6. The van der Waals surface area contributed by atoms with E-state index in [1.54, 1.807) is 12.0 Å². The van der Waals surface area contributed by atoms with Gasteiger partial charge in [0.15, 0.2) is 0 Å². The Morgan fingerprint density at radius 3 is 2.75 bits per heavy atom. The summed E-state index contributed by atoms with van der Waals surface area (Å²) in [4.78, 5) is 18.5. The highest BCUT2D eigenvalue weighted by molar-refractivity contribution is 6.06. The fraction of sp³-hybridized carbons (Fsp3) is 0.348. The number of nitrogens with one attached hydrogen (secondary N) is 1. The molecule has 2 heterocycles. The van der Waals surface area contributed by atoms with Gasteiger partial charge in [0, 0.05) is 23.2 Å². The van der Waals surface area contributed by atoms with Crippen LogP contribution in [-0.4, -0.2) is 41.1 Å². The highest BCUT2D eigenvalue weighted by atomic mass is 16.5. The molecule has 1 saturated heterocycles. The Hall–Kier alpha value is -2.79. The standard InChI is InChI=1S/C23H26N2O3/c1-15-16(2)24-21-17(15)8-6-9-18(21)22(26)25-13-7-12-23(27,14-25)19-10-4-5-11-20(19)28-3/h4-6,8-11,24,27H,7,12-14H2,1-3H3. The molecule has 1 unspecified atom stereocenters. The third-order valence-electron chi connectivity index (χ3n) is 5.94. The van der Waals surface area contributed by atoms with Crippen LogP contribution in [0.25, 0.3) is 10.9 Å². The molecule has 1 atom stereocenters. The summed E-state index contributed by atoms with van der Waals surface area (Å²) in [6, 6.07) is 13.3. The minimum absolute atomic E-state index is 0.0557. The number of H-pyrrole nitrogens is 1. The molecule has 4 rings (SSSR count). The average molecular weight is 378 g/mol. The number of likely N-dealkylation sites (tertiary alicyclic amines) is 1. The number of aryl methyl sites for hydroxylation is 2. The van der Waals surface area contributed by atoms with Crippen molar-refractivity contribution in [3.05, 3.63) is 64.8 Å². The molecule has 0 aliphatic carbocycles. The van der Waals surface area contributed by atoms with Crippen molar-refractivity contribution in [2.24, 2.45) is 0 Å². The van der Waals surface area contributed by atoms with Gasteiger partial charge in [-0.25, -0.2) is 0 Å². The van der Waals surface area contributed by atoms with E-state index in [4.69, 9.17) is 4.74 Å². The minimum Gasteiger partial charge on any atom is -0.496 e. The van der Waals surface area contributed by atoms with E-state index in [0.717, 1.165) is 34.1 Å². The highest BCUT2D eigenvalue weighted by Gasteiger charge is 2.39. The summed E-state index contributed by atoms with van der Waals surface area (Å²) in [7, 11) is 1.60. The molecular formula is C23H26N2O3. The quantitative estimate of drug-likeness (QED) is 0.726. The van der Waals surface area contributed by atoms with Gasteiger partial charge in [-0.05, 0) is 44.4 Å². The molecule has 3 aromatic rings. The Balaban J connectivity index is 1.69. The van der Waals surface area contributed by atoms with Gasteiger partial charge >= 0.3 is 0 Å². The van der Waals surface area contributed by atoms with E-state index in [0.29, 0.717) is 24.3 Å². The van der Waals surface area contributed by atoms with Crippen LogP contribution >= 0.6 is 0 Å². The van der Waals surface area contributed by atoms with E-state index in [2.05, 4.69) is 11.9 Å². The van der Waals surface area contributed by atoms with Crippen LogP contribution in [-0.2, 0) is 5.60 Å². The number of rotatable bonds is 3. The van der Waals surface area contributed by atoms with E-state index >= 15 is 0 Å². The SMILES string of the molecule is COc1ccccc1C1(O)CCCN(C(=O)c2cccc3c(C)c(C)[nH]c23)C1. The predicted molar refractivity (Wildman–Crippen MR) is 110 cm³/mol.